The van der Waals surface area contributed by atoms with Gasteiger partial charge in [-0.15, -0.1) is 0 Å². The summed E-state index contributed by atoms with van der Waals surface area (Å²) in [5.74, 6) is -0.263. The zero-order valence-corrected chi connectivity index (χ0v) is 15.3. The number of hydrogen-bond donors (Lipinski definition) is 4. The van der Waals surface area contributed by atoms with Crippen LogP contribution in [0.4, 0.5) is 5.82 Å². The van der Waals surface area contributed by atoms with Crippen molar-refractivity contribution in [2.45, 2.75) is 25.9 Å². The minimum absolute atomic E-state index is 0.0558. The molecule has 27 heavy (non-hydrogen) atoms. The third kappa shape index (κ3) is 3.89. The minimum Gasteiger partial charge on any atom is -0.493 e. The first-order valence-electron chi connectivity index (χ1n) is 8.41. The van der Waals surface area contributed by atoms with Crippen molar-refractivity contribution in [3.8, 4) is 11.8 Å². The van der Waals surface area contributed by atoms with Crippen molar-refractivity contribution >= 4 is 23.5 Å². The fourth-order valence-corrected chi connectivity index (χ4v) is 2.86. The smallest absolute Gasteiger partial charge is 0.262 e. The summed E-state index contributed by atoms with van der Waals surface area (Å²) in [6.07, 6.45) is 3.41. The van der Waals surface area contributed by atoms with E-state index in [2.05, 4.69) is 20.6 Å². The van der Waals surface area contributed by atoms with E-state index in [1.54, 1.807) is 37.5 Å². The molecule has 0 spiro atoms. The van der Waals surface area contributed by atoms with Crippen LogP contribution in [0.3, 0.4) is 0 Å². The van der Waals surface area contributed by atoms with Crippen molar-refractivity contribution in [2.75, 3.05) is 12.4 Å². The Balaban J connectivity index is 1.85. The summed E-state index contributed by atoms with van der Waals surface area (Å²) in [4.78, 5) is 20.9. The van der Waals surface area contributed by atoms with Crippen molar-refractivity contribution < 1.29 is 14.6 Å². The molecule has 8 nitrogen and oxygen atoms in total. The van der Waals surface area contributed by atoms with Gasteiger partial charge in [0.25, 0.3) is 5.91 Å². The molecule has 0 bridgehead atoms. The second-order valence-corrected chi connectivity index (χ2v) is 6.76. The number of ether oxygens (including phenoxy) is 1. The zero-order chi connectivity index (χ0) is 19.6. The molecule has 1 aliphatic rings. The highest BCUT2D eigenvalue weighted by molar-refractivity contribution is 6.08. The van der Waals surface area contributed by atoms with Gasteiger partial charge in [0.2, 0.25) is 11.8 Å². The number of rotatable bonds is 5. The Morgan fingerprint density at radius 1 is 1.37 bits per heavy atom. The summed E-state index contributed by atoms with van der Waals surface area (Å²) in [5, 5.41) is 23.1. The average molecular weight is 367 g/mol. The SMILES string of the molecule is CN/C=C(\C=N)c1cccc(NC(=O)c2cc3c(nc2O)OC(C)(C)C3)n1. The normalized spacial score (nSPS) is 14.9. The van der Waals surface area contributed by atoms with E-state index in [4.69, 9.17) is 10.1 Å². The summed E-state index contributed by atoms with van der Waals surface area (Å²) in [6, 6.07) is 6.68. The van der Waals surface area contributed by atoms with Crippen LogP contribution in [0.1, 0.15) is 35.5 Å². The molecule has 8 heteroatoms. The number of amides is 1. The summed E-state index contributed by atoms with van der Waals surface area (Å²) in [5.41, 5.74) is 1.50. The minimum atomic E-state index is -0.522. The maximum Gasteiger partial charge on any atom is 0.262 e. The topological polar surface area (TPSA) is 120 Å². The van der Waals surface area contributed by atoms with Gasteiger partial charge in [0.1, 0.15) is 17.0 Å². The van der Waals surface area contributed by atoms with Gasteiger partial charge in [-0.3, -0.25) is 4.79 Å². The number of fused-ring (bicyclic) bond motifs is 1. The summed E-state index contributed by atoms with van der Waals surface area (Å²) in [7, 11) is 1.73. The van der Waals surface area contributed by atoms with Gasteiger partial charge >= 0.3 is 0 Å². The number of aromatic hydroxyl groups is 1. The fourth-order valence-electron chi connectivity index (χ4n) is 2.86. The number of carbonyl (C=O) groups is 1. The van der Waals surface area contributed by atoms with E-state index in [0.717, 1.165) is 5.56 Å². The number of hydrogen-bond acceptors (Lipinski definition) is 7. The molecule has 3 heterocycles. The van der Waals surface area contributed by atoms with Gasteiger partial charge < -0.3 is 25.9 Å². The molecule has 0 atom stereocenters. The summed E-state index contributed by atoms with van der Waals surface area (Å²) in [6.45, 7) is 3.83. The van der Waals surface area contributed by atoms with E-state index >= 15 is 0 Å². The van der Waals surface area contributed by atoms with Gasteiger partial charge in [0.05, 0.1) is 5.69 Å². The number of nitrogens with zero attached hydrogens (tertiary/aromatic N) is 2. The number of pyridine rings is 2. The molecular weight excluding hydrogens is 346 g/mol. The molecule has 0 unspecified atom stereocenters. The third-order valence-electron chi connectivity index (χ3n) is 4.02. The van der Waals surface area contributed by atoms with Crippen molar-refractivity contribution in [3.63, 3.8) is 0 Å². The lowest BCUT2D eigenvalue weighted by molar-refractivity contribution is 0.102. The molecule has 0 fully saturated rings. The lowest BCUT2D eigenvalue weighted by atomic mass is 10.0. The molecular formula is C19H21N5O3. The van der Waals surface area contributed by atoms with Gasteiger partial charge in [0.15, 0.2) is 0 Å². The Bertz CT molecular complexity index is 937. The zero-order valence-electron chi connectivity index (χ0n) is 15.3. The van der Waals surface area contributed by atoms with Crippen LogP contribution in [-0.2, 0) is 6.42 Å². The monoisotopic (exact) mass is 367 g/mol. The Hall–Kier alpha value is -3.42. The van der Waals surface area contributed by atoms with E-state index in [9.17, 15) is 9.90 Å². The second kappa shape index (κ2) is 7.06. The highest BCUT2D eigenvalue weighted by Gasteiger charge is 2.33. The molecule has 0 saturated carbocycles. The van der Waals surface area contributed by atoms with Crippen LogP contribution in [0.15, 0.2) is 30.5 Å². The Morgan fingerprint density at radius 2 is 2.15 bits per heavy atom. The first-order valence-corrected chi connectivity index (χ1v) is 8.41. The van der Waals surface area contributed by atoms with Crippen LogP contribution >= 0.6 is 0 Å². The van der Waals surface area contributed by atoms with Gasteiger partial charge in [-0.05, 0) is 32.0 Å². The van der Waals surface area contributed by atoms with Crippen LogP contribution in [0, 0.1) is 5.41 Å². The molecule has 2 aromatic heterocycles. The van der Waals surface area contributed by atoms with Crippen molar-refractivity contribution in [1.29, 1.82) is 5.41 Å². The van der Waals surface area contributed by atoms with Gasteiger partial charge in [-0.2, -0.15) is 4.98 Å². The Kier molecular flexibility index (Phi) is 4.81. The summed E-state index contributed by atoms with van der Waals surface area (Å²) >= 11 is 0. The predicted molar refractivity (Wildman–Crippen MR) is 102 cm³/mol. The quantitative estimate of drug-likeness (QED) is 0.602. The molecule has 0 aliphatic carbocycles. The molecule has 2 aromatic rings. The van der Waals surface area contributed by atoms with E-state index in [-0.39, 0.29) is 5.56 Å². The Morgan fingerprint density at radius 3 is 2.85 bits per heavy atom. The van der Waals surface area contributed by atoms with E-state index in [0.29, 0.717) is 29.4 Å². The van der Waals surface area contributed by atoms with Crippen molar-refractivity contribution in [3.05, 3.63) is 47.3 Å². The molecule has 3 rings (SSSR count). The molecule has 0 radical (unpaired) electrons. The van der Waals surface area contributed by atoms with Crippen molar-refractivity contribution in [1.82, 2.24) is 15.3 Å². The van der Waals surface area contributed by atoms with Gasteiger partial charge in [-0.25, -0.2) is 4.98 Å². The number of allylic oxidation sites excluding steroid dienone is 1. The highest BCUT2D eigenvalue weighted by Crippen LogP contribution is 2.36. The maximum atomic E-state index is 12.6. The maximum absolute atomic E-state index is 12.6. The Labute approximate surface area is 156 Å². The van der Waals surface area contributed by atoms with Gasteiger partial charge in [0, 0.05) is 37.0 Å². The predicted octanol–water partition coefficient (Wildman–Crippen LogP) is 2.36. The lowest BCUT2D eigenvalue weighted by Gasteiger charge is -2.15. The standard InChI is InChI=1S/C19H21N5O3/c1-19(2)8-11-7-13(17(26)24-18(11)27-19)16(25)23-15-6-4-5-14(22-15)12(9-20)10-21-3/h4-7,9-10,20-21H,8H2,1-3H3,(H,24,26)(H,22,23,25)/b12-10+,20-9?. The number of nitrogens with one attached hydrogen (secondary N) is 3. The second-order valence-electron chi connectivity index (χ2n) is 6.76. The molecule has 0 saturated heterocycles. The van der Waals surface area contributed by atoms with Crippen LogP contribution in [0.5, 0.6) is 11.8 Å². The summed E-state index contributed by atoms with van der Waals surface area (Å²) < 4.78 is 5.66. The highest BCUT2D eigenvalue weighted by atomic mass is 16.5. The van der Waals surface area contributed by atoms with Crippen molar-refractivity contribution in [2.24, 2.45) is 0 Å². The molecule has 1 amide bonds. The third-order valence-corrected chi connectivity index (χ3v) is 4.02. The number of anilines is 1. The van der Waals surface area contributed by atoms with Crippen LogP contribution in [0.2, 0.25) is 0 Å². The fraction of sp³-hybridized carbons (Fsp3) is 0.263. The van der Waals surface area contributed by atoms with Crippen LogP contribution < -0.4 is 15.4 Å². The average Bonchev–Trinajstić information content (AvgIpc) is 2.91. The molecule has 0 aromatic carbocycles. The number of aromatic nitrogens is 2. The van der Waals surface area contributed by atoms with Crippen LogP contribution in [-0.4, -0.2) is 39.8 Å². The van der Waals surface area contributed by atoms with Crippen LogP contribution in [0.25, 0.3) is 5.57 Å². The van der Waals surface area contributed by atoms with E-state index in [1.807, 2.05) is 13.8 Å². The van der Waals surface area contributed by atoms with E-state index < -0.39 is 17.4 Å². The lowest BCUT2D eigenvalue weighted by Crippen LogP contribution is -2.24. The molecule has 1 aliphatic heterocycles. The van der Waals surface area contributed by atoms with E-state index in [1.165, 1.54) is 6.21 Å². The molecule has 140 valence electrons. The first kappa shape index (κ1) is 18.4. The molecule has 4 N–H and O–H groups in total. The number of carbonyl (C=O) groups excluding carboxylic acids is 1. The first-order chi connectivity index (χ1) is 12.8. The van der Waals surface area contributed by atoms with Gasteiger partial charge in [-0.1, -0.05) is 6.07 Å². The largest absolute Gasteiger partial charge is 0.493 e.